The van der Waals surface area contributed by atoms with Crippen molar-refractivity contribution in [2.45, 2.75) is 39.4 Å². The van der Waals surface area contributed by atoms with Crippen LogP contribution < -0.4 is 10.6 Å². The maximum atomic E-state index is 12.5. The van der Waals surface area contributed by atoms with Gasteiger partial charge in [0.05, 0.1) is 11.3 Å². The molecule has 0 aliphatic heterocycles. The lowest BCUT2D eigenvalue weighted by Crippen LogP contribution is -2.30. The molecule has 0 unspecified atom stereocenters. The lowest BCUT2D eigenvalue weighted by Gasteiger charge is -2.09. The molecule has 9 heteroatoms. The van der Waals surface area contributed by atoms with Crippen LogP contribution in [0.2, 0.25) is 0 Å². The minimum atomic E-state index is -4.41. The van der Waals surface area contributed by atoms with Crippen LogP contribution in [-0.4, -0.2) is 33.8 Å². The predicted octanol–water partition coefficient (Wildman–Crippen LogP) is 3.28. The molecule has 0 fully saturated rings. The molecule has 0 aliphatic carbocycles. The largest absolute Gasteiger partial charge is 0.417 e. The summed E-state index contributed by atoms with van der Waals surface area (Å²) in [4.78, 5) is 16.0. The molecule has 2 heterocycles. The zero-order valence-corrected chi connectivity index (χ0v) is 14.9. The summed E-state index contributed by atoms with van der Waals surface area (Å²) in [6.07, 6.45) is -3.63. The summed E-state index contributed by atoms with van der Waals surface area (Å²) in [5, 5.41) is 10.0. The zero-order chi connectivity index (χ0) is 19.3. The van der Waals surface area contributed by atoms with Gasteiger partial charge in [-0.25, -0.2) is 4.98 Å². The summed E-state index contributed by atoms with van der Waals surface area (Å²) in [7, 11) is 0. The molecule has 142 valence electrons. The number of nitrogens with one attached hydrogen (secondary N) is 2. The lowest BCUT2D eigenvalue weighted by molar-refractivity contribution is -0.137. The number of carbonyl (C=O) groups excluding carboxylic acids is 1. The highest BCUT2D eigenvalue weighted by Gasteiger charge is 2.30. The van der Waals surface area contributed by atoms with Gasteiger partial charge in [0.25, 0.3) is 5.91 Å². The fourth-order valence-corrected chi connectivity index (χ4v) is 2.27. The molecule has 0 atom stereocenters. The summed E-state index contributed by atoms with van der Waals surface area (Å²) in [5.41, 5.74) is 0.540. The Labute approximate surface area is 149 Å². The van der Waals surface area contributed by atoms with Crippen molar-refractivity contribution in [1.29, 1.82) is 0 Å². The van der Waals surface area contributed by atoms with Crippen LogP contribution in [0.4, 0.5) is 19.0 Å². The molecule has 2 aromatic rings. The Morgan fingerprint density at radius 3 is 2.54 bits per heavy atom. The molecule has 0 aliphatic rings. The van der Waals surface area contributed by atoms with Crippen LogP contribution in [0.1, 0.15) is 48.4 Å². The molecule has 2 N–H and O–H groups in total. The van der Waals surface area contributed by atoms with E-state index in [1.165, 1.54) is 6.07 Å². The van der Waals surface area contributed by atoms with Crippen LogP contribution in [0.5, 0.6) is 0 Å². The molecule has 0 radical (unpaired) electrons. The summed E-state index contributed by atoms with van der Waals surface area (Å²) in [5.74, 6) is 0.295. The Morgan fingerprint density at radius 2 is 2.00 bits per heavy atom. The van der Waals surface area contributed by atoms with E-state index in [0.29, 0.717) is 31.1 Å². The fraction of sp³-hybridized carbons (Fsp3) is 0.471. The normalized spacial score (nSPS) is 11.7. The number of alkyl halides is 3. The molecule has 0 aromatic carbocycles. The maximum Gasteiger partial charge on any atom is 0.417 e. The van der Waals surface area contributed by atoms with Gasteiger partial charge in [-0.2, -0.15) is 18.3 Å². The minimum Gasteiger partial charge on any atom is -0.368 e. The van der Waals surface area contributed by atoms with E-state index in [9.17, 15) is 18.0 Å². The highest BCUT2D eigenvalue weighted by Crippen LogP contribution is 2.28. The number of halogens is 3. The topological polar surface area (TPSA) is 71.8 Å². The quantitative estimate of drug-likeness (QED) is 0.735. The van der Waals surface area contributed by atoms with Gasteiger partial charge in [-0.15, -0.1) is 0 Å². The molecular formula is C17H22F3N5O. The van der Waals surface area contributed by atoms with Gasteiger partial charge in [0.2, 0.25) is 0 Å². The van der Waals surface area contributed by atoms with Crippen molar-refractivity contribution >= 4 is 11.7 Å². The van der Waals surface area contributed by atoms with Crippen LogP contribution in [0.25, 0.3) is 0 Å². The van der Waals surface area contributed by atoms with E-state index in [4.69, 9.17) is 0 Å². The average Bonchev–Trinajstić information content (AvgIpc) is 3.03. The van der Waals surface area contributed by atoms with Crippen molar-refractivity contribution in [3.8, 4) is 0 Å². The third kappa shape index (κ3) is 4.96. The highest BCUT2D eigenvalue weighted by molar-refractivity contribution is 5.92. The molecule has 6 nitrogen and oxygen atoms in total. The highest BCUT2D eigenvalue weighted by atomic mass is 19.4. The second-order valence-electron chi connectivity index (χ2n) is 6.04. The predicted molar refractivity (Wildman–Crippen MR) is 92.1 cm³/mol. The SMILES string of the molecule is CCn1nc(C(C)C)cc1C(=O)NCCNc1ccc(C(F)(F)F)cn1. The molecule has 0 spiro atoms. The Kier molecular flexibility index (Phi) is 6.23. The van der Waals surface area contributed by atoms with Crippen LogP contribution in [-0.2, 0) is 12.7 Å². The van der Waals surface area contributed by atoms with Crippen molar-refractivity contribution in [1.82, 2.24) is 20.1 Å². The van der Waals surface area contributed by atoms with Gasteiger partial charge >= 0.3 is 6.18 Å². The molecule has 1 amide bonds. The van der Waals surface area contributed by atoms with Gasteiger partial charge in [-0.3, -0.25) is 9.48 Å². The first-order valence-corrected chi connectivity index (χ1v) is 8.35. The van der Waals surface area contributed by atoms with Gasteiger partial charge in [-0.1, -0.05) is 13.8 Å². The first kappa shape index (κ1) is 19.7. The second kappa shape index (κ2) is 8.20. The average molecular weight is 369 g/mol. The third-order valence-electron chi connectivity index (χ3n) is 3.73. The summed E-state index contributed by atoms with van der Waals surface area (Å²) < 4.78 is 39.1. The van der Waals surface area contributed by atoms with Crippen LogP contribution >= 0.6 is 0 Å². The Hall–Kier alpha value is -2.58. The summed E-state index contributed by atoms with van der Waals surface area (Å²) in [6, 6.07) is 3.99. The molecule has 0 saturated heterocycles. The molecule has 0 bridgehead atoms. The van der Waals surface area contributed by atoms with Gasteiger partial charge in [0.15, 0.2) is 0 Å². The summed E-state index contributed by atoms with van der Waals surface area (Å²) in [6.45, 7) is 7.14. The second-order valence-corrected chi connectivity index (χ2v) is 6.04. The van der Waals surface area contributed by atoms with Crippen molar-refractivity contribution in [3.05, 3.63) is 41.3 Å². The number of hydrogen-bond acceptors (Lipinski definition) is 4. The fourth-order valence-electron chi connectivity index (χ4n) is 2.27. The number of nitrogens with zero attached hydrogens (tertiary/aromatic N) is 3. The molecular weight excluding hydrogens is 347 g/mol. The third-order valence-corrected chi connectivity index (χ3v) is 3.73. The van der Waals surface area contributed by atoms with E-state index >= 15 is 0 Å². The van der Waals surface area contributed by atoms with E-state index < -0.39 is 11.7 Å². The van der Waals surface area contributed by atoms with Crippen LogP contribution in [0, 0.1) is 0 Å². The number of amides is 1. The van der Waals surface area contributed by atoms with E-state index in [1.54, 1.807) is 10.7 Å². The number of carbonyl (C=O) groups is 1. The first-order valence-electron chi connectivity index (χ1n) is 8.35. The number of anilines is 1. The Balaban J connectivity index is 1.85. The van der Waals surface area contributed by atoms with E-state index in [1.807, 2.05) is 20.8 Å². The van der Waals surface area contributed by atoms with E-state index in [-0.39, 0.29) is 11.8 Å². The number of pyridine rings is 1. The number of aromatic nitrogens is 3. The van der Waals surface area contributed by atoms with Gasteiger partial charge in [0, 0.05) is 25.8 Å². The van der Waals surface area contributed by atoms with Crippen molar-refractivity contribution in [2.75, 3.05) is 18.4 Å². The van der Waals surface area contributed by atoms with Crippen molar-refractivity contribution < 1.29 is 18.0 Å². The number of hydrogen-bond donors (Lipinski definition) is 2. The van der Waals surface area contributed by atoms with E-state index in [2.05, 4.69) is 20.7 Å². The monoisotopic (exact) mass is 369 g/mol. The van der Waals surface area contributed by atoms with Gasteiger partial charge in [-0.05, 0) is 31.0 Å². The van der Waals surface area contributed by atoms with Crippen molar-refractivity contribution in [3.63, 3.8) is 0 Å². The Bertz CT molecular complexity index is 738. The van der Waals surface area contributed by atoms with Gasteiger partial charge < -0.3 is 10.6 Å². The van der Waals surface area contributed by atoms with E-state index in [0.717, 1.165) is 18.0 Å². The zero-order valence-electron chi connectivity index (χ0n) is 14.9. The molecule has 26 heavy (non-hydrogen) atoms. The first-order chi connectivity index (χ1) is 12.2. The smallest absolute Gasteiger partial charge is 0.368 e. The summed E-state index contributed by atoms with van der Waals surface area (Å²) >= 11 is 0. The van der Waals surface area contributed by atoms with Crippen molar-refractivity contribution in [2.24, 2.45) is 0 Å². The Morgan fingerprint density at radius 1 is 1.27 bits per heavy atom. The molecule has 0 saturated carbocycles. The maximum absolute atomic E-state index is 12.5. The minimum absolute atomic E-state index is 0.224. The van der Waals surface area contributed by atoms with Gasteiger partial charge in [0.1, 0.15) is 11.5 Å². The molecule has 2 rings (SSSR count). The van der Waals surface area contributed by atoms with Crippen LogP contribution in [0.15, 0.2) is 24.4 Å². The lowest BCUT2D eigenvalue weighted by atomic mass is 10.1. The standard InChI is InChI=1S/C17H22F3N5O/c1-4-25-14(9-13(24-25)11(2)3)16(26)22-8-7-21-15-6-5-12(10-23-15)17(18,19)20/h5-6,9-11H,4,7-8H2,1-3H3,(H,21,23)(H,22,26). The molecule has 2 aromatic heterocycles. The number of aryl methyl sites for hydroxylation is 1. The van der Waals surface area contributed by atoms with Crippen LogP contribution in [0.3, 0.4) is 0 Å². The number of rotatable bonds is 7.